The minimum Gasteiger partial charge on any atom is -0.358 e. The zero-order chi connectivity index (χ0) is 7.68. The number of hydrogen-bond acceptors (Lipinski definition) is 0. The van der Waals surface area contributed by atoms with E-state index < -0.39 is 0 Å². The summed E-state index contributed by atoms with van der Waals surface area (Å²) in [5.41, 5.74) is 2.55. The predicted molar refractivity (Wildman–Crippen MR) is 54.4 cm³/mol. The van der Waals surface area contributed by atoms with Gasteiger partial charge in [-0.15, -0.1) is 0 Å². The molecule has 0 aliphatic heterocycles. The molecule has 0 aliphatic rings. The van der Waals surface area contributed by atoms with Gasteiger partial charge in [0.25, 0.3) is 0 Å². The zero-order valence-electron chi connectivity index (χ0n) is 6.59. The van der Waals surface area contributed by atoms with Crippen LogP contribution in [0.1, 0.15) is 20.0 Å². The summed E-state index contributed by atoms with van der Waals surface area (Å²) in [6, 6.07) is 10.6. The summed E-state index contributed by atoms with van der Waals surface area (Å²) in [7, 11) is 0. The second kappa shape index (κ2) is 3.44. The Morgan fingerprint density at radius 1 is 1.25 bits per heavy atom. The van der Waals surface area contributed by atoms with Gasteiger partial charge in [0.05, 0.1) is 0 Å². The first-order valence-corrected chi connectivity index (χ1v) is 3.97. The Morgan fingerprint density at radius 2 is 2.00 bits per heavy atom. The van der Waals surface area contributed by atoms with Gasteiger partial charge >= 0.3 is 0 Å². The number of para-hydroxylation sites is 1. The Bertz CT molecular complexity index is 327. The predicted octanol–water partition coefficient (Wildman–Crippen LogP) is 3.37. The molecule has 0 saturated heterocycles. The number of nitrogens with one attached hydrogen (secondary N) is 1. The standard InChI is InChI=1S/C10H11N.CH4/c1-2-9-7-8-5-3-4-6-10(8)11-9;/h3-7,11H,2H2,1H3;1H4. The molecule has 1 aromatic carbocycles. The SMILES string of the molecule is C.CCc1cc2ccccc2[nH]1. The number of aromatic nitrogens is 1. The van der Waals surface area contributed by atoms with Crippen molar-refractivity contribution in [3.63, 3.8) is 0 Å². The highest BCUT2D eigenvalue weighted by molar-refractivity contribution is 5.80. The molecule has 0 bridgehead atoms. The molecule has 1 N–H and O–H groups in total. The largest absolute Gasteiger partial charge is 0.358 e. The van der Waals surface area contributed by atoms with Crippen molar-refractivity contribution in [1.29, 1.82) is 0 Å². The van der Waals surface area contributed by atoms with Gasteiger partial charge in [-0.3, -0.25) is 0 Å². The third-order valence-electron chi connectivity index (χ3n) is 1.97. The van der Waals surface area contributed by atoms with Crippen molar-refractivity contribution >= 4 is 10.9 Å². The molecule has 64 valence electrons. The second-order valence-electron chi connectivity index (χ2n) is 2.74. The smallest absolute Gasteiger partial charge is 0.0456 e. The van der Waals surface area contributed by atoms with Crippen LogP contribution in [0.2, 0.25) is 0 Å². The molecule has 0 saturated carbocycles. The summed E-state index contributed by atoms with van der Waals surface area (Å²) in [6.07, 6.45) is 1.08. The van der Waals surface area contributed by atoms with E-state index in [2.05, 4.69) is 42.2 Å². The van der Waals surface area contributed by atoms with Crippen molar-refractivity contribution in [2.45, 2.75) is 20.8 Å². The van der Waals surface area contributed by atoms with Crippen molar-refractivity contribution < 1.29 is 0 Å². The third-order valence-corrected chi connectivity index (χ3v) is 1.97. The van der Waals surface area contributed by atoms with Gasteiger partial charge in [-0.2, -0.15) is 0 Å². The van der Waals surface area contributed by atoms with Crippen molar-refractivity contribution in [2.24, 2.45) is 0 Å². The Morgan fingerprint density at radius 3 is 2.67 bits per heavy atom. The van der Waals surface area contributed by atoms with Crippen LogP contribution in [0.25, 0.3) is 10.9 Å². The van der Waals surface area contributed by atoms with Crippen LogP contribution < -0.4 is 0 Å². The molecular weight excluding hydrogens is 146 g/mol. The van der Waals surface area contributed by atoms with Crippen LogP contribution in [0.15, 0.2) is 30.3 Å². The van der Waals surface area contributed by atoms with E-state index in [1.165, 1.54) is 16.6 Å². The summed E-state index contributed by atoms with van der Waals surface area (Å²) < 4.78 is 0. The van der Waals surface area contributed by atoms with Gasteiger partial charge in [-0.05, 0) is 23.9 Å². The van der Waals surface area contributed by atoms with E-state index in [1.54, 1.807) is 0 Å². The molecule has 12 heavy (non-hydrogen) atoms. The molecule has 0 unspecified atom stereocenters. The van der Waals surface area contributed by atoms with Gasteiger partial charge in [-0.1, -0.05) is 32.5 Å². The molecule has 0 aliphatic carbocycles. The highest BCUT2D eigenvalue weighted by atomic mass is 14.7. The molecule has 1 aromatic heterocycles. The van der Waals surface area contributed by atoms with Crippen LogP contribution in [-0.2, 0) is 6.42 Å². The Labute approximate surface area is 73.4 Å². The number of H-pyrrole nitrogens is 1. The molecule has 0 radical (unpaired) electrons. The molecule has 0 atom stereocenters. The summed E-state index contributed by atoms with van der Waals surface area (Å²) in [5.74, 6) is 0. The van der Waals surface area contributed by atoms with E-state index in [4.69, 9.17) is 0 Å². The first-order valence-electron chi connectivity index (χ1n) is 3.97. The fraction of sp³-hybridized carbons (Fsp3) is 0.273. The summed E-state index contributed by atoms with van der Waals surface area (Å²) >= 11 is 0. The van der Waals surface area contributed by atoms with Crippen molar-refractivity contribution in [2.75, 3.05) is 0 Å². The van der Waals surface area contributed by atoms with Crippen LogP contribution in [0.4, 0.5) is 0 Å². The number of aryl methyl sites for hydroxylation is 1. The maximum absolute atomic E-state index is 3.35. The highest BCUT2D eigenvalue weighted by Crippen LogP contribution is 2.14. The molecule has 0 amide bonds. The quantitative estimate of drug-likeness (QED) is 0.660. The van der Waals surface area contributed by atoms with Crippen LogP contribution >= 0.6 is 0 Å². The van der Waals surface area contributed by atoms with Crippen molar-refractivity contribution in [3.8, 4) is 0 Å². The monoisotopic (exact) mass is 161 g/mol. The van der Waals surface area contributed by atoms with Gasteiger partial charge in [-0.25, -0.2) is 0 Å². The fourth-order valence-corrected chi connectivity index (χ4v) is 1.32. The number of fused-ring (bicyclic) bond motifs is 1. The zero-order valence-corrected chi connectivity index (χ0v) is 6.59. The van der Waals surface area contributed by atoms with Gasteiger partial charge in [0.2, 0.25) is 0 Å². The van der Waals surface area contributed by atoms with E-state index in [0.29, 0.717) is 0 Å². The molecular formula is C11H15N. The first-order chi connectivity index (χ1) is 5.40. The normalized spacial score (nSPS) is 9.75. The minimum absolute atomic E-state index is 0. The maximum atomic E-state index is 3.35. The molecule has 1 nitrogen and oxygen atoms in total. The van der Waals surface area contributed by atoms with Gasteiger partial charge in [0.15, 0.2) is 0 Å². The van der Waals surface area contributed by atoms with E-state index in [-0.39, 0.29) is 7.43 Å². The summed E-state index contributed by atoms with van der Waals surface area (Å²) in [4.78, 5) is 3.35. The lowest BCUT2D eigenvalue weighted by atomic mass is 10.2. The average molecular weight is 161 g/mol. The summed E-state index contributed by atoms with van der Waals surface area (Å²) in [6.45, 7) is 2.16. The van der Waals surface area contributed by atoms with E-state index >= 15 is 0 Å². The number of rotatable bonds is 1. The maximum Gasteiger partial charge on any atom is 0.0456 e. The molecule has 1 heteroatoms. The minimum atomic E-state index is 0. The topological polar surface area (TPSA) is 15.8 Å². The second-order valence-corrected chi connectivity index (χ2v) is 2.74. The van der Waals surface area contributed by atoms with Crippen LogP contribution in [-0.4, -0.2) is 4.98 Å². The van der Waals surface area contributed by atoms with Crippen molar-refractivity contribution in [1.82, 2.24) is 4.98 Å². The Kier molecular flexibility index (Phi) is 2.54. The lowest BCUT2D eigenvalue weighted by Crippen LogP contribution is -1.74. The lowest BCUT2D eigenvalue weighted by Gasteiger charge is -1.85. The van der Waals surface area contributed by atoms with E-state index in [1.807, 2.05) is 0 Å². The van der Waals surface area contributed by atoms with Crippen LogP contribution in [0, 0.1) is 0 Å². The number of benzene rings is 1. The third kappa shape index (κ3) is 1.35. The van der Waals surface area contributed by atoms with Gasteiger partial charge in [0.1, 0.15) is 0 Å². The molecule has 0 fully saturated rings. The van der Waals surface area contributed by atoms with Crippen molar-refractivity contribution in [3.05, 3.63) is 36.0 Å². The Hall–Kier alpha value is -1.24. The summed E-state index contributed by atoms with van der Waals surface area (Å²) in [5, 5.41) is 1.31. The molecule has 2 aromatic rings. The van der Waals surface area contributed by atoms with Crippen LogP contribution in [0.5, 0.6) is 0 Å². The molecule has 1 heterocycles. The number of aromatic amines is 1. The molecule has 0 spiro atoms. The highest BCUT2D eigenvalue weighted by Gasteiger charge is 1.95. The van der Waals surface area contributed by atoms with Crippen LogP contribution in [0.3, 0.4) is 0 Å². The van der Waals surface area contributed by atoms with Gasteiger partial charge < -0.3 is 4.98 Å². The number of hydrogen-bond donors (Lipinski definition) is 1. The molecule has 2 rings (SSSR count). The first kappa shape index (κ1) is 8.85. The lowest BCUT2D eigenvalue weighted by molar-refractivity contribution is 1.07. The van der Waals surface area contributed by atoms with E-state index in [0.717, 1.165) is 6.42 Å². The Balaban J connectivity index is 0.000000720. The average Bonchev–Trinajstić information content (AvgIpc) is 2.46. The van der Waals surface area contributed by atoms with Gasteiger partial charge in [0, 0.05) is 11.2 Å². The fourth-order valence-electron chi connectivity index (χ4n) is 1.32. The van der Waals surface area contributed by atoms with E-state index in [9.17, 15) is 0 Å².